The van der Waals surface area contributed by atoms with E-state index in [0.717, 1.165) is 30.6 Å². The molecule has 0 radical (unpaired) electrons. The molecule has 162 valence electrons. The summed E-state index contributed by atoms with van der Waals surface area (Å²) in [6.45, 7) is 1.18. The third kappa shape index (κ3) is 4.03. The monoisotopic (exact) mass is 438 g/mol. The largest absolute Gasteiger partial charge is 0.487 e. The molecule has 1 N–H and O–H groups in total. The van der Waals surface area contributed by atoms with Gasteiger partial charge < -0.3 is 15.0 Å². The molecule has 2 aromatic rings. The average molecular weight is 439 g/mol. The predicted molar refractivity (Wildman–Crippen MR) is 119 cm³/mol. The van der Waals surface area contributed by atoms with E-state index in [1.165, 1.54) is 6.42 Å². The maximum Gasteiger partial charge on any atom is 0.253 e. The van der Waals surface area contributed by atoms with Crippen molar-refractivity contribution in [3.8, 4) is 5.75 Å². The van der Waals surface area contributed by atoms with Crippen molar-refractivity contribution in [2.75, 3.05) is 13.1 Å². The van der Waals surface area contributed by atoms with Crippen LogP contribution >= 0.6 is 11.6 Å². The molecule has 6 heteroatoms. The molecule has 0 bridgehead atoms. The minimum absolute atomic E-state index is 0.000747. The highest BCUT2D eigenvalue weighted by Gasteiger charge is 2.46. The van der Waals surface area contributed by atoms with Crippen LogP contribution in [0.4, 0.5) is 0 Å². The van der Waals surface area contributed by atoms with Gasteiger partial charge in [-0.2, -0.15) is 0 Å². The minimum Gasteiger partial charge on any atom is -0.487 e. The van der Waals surface area contributed by atoms with Crippen molar-refractivity contribution >= 4 is 23.4 Å². The lowest BCUT2D eigenvalue weighted by Gasteiger charge is -2.48. The quantitative estimate of drug-likeness (QED) is 0.751. The summed E-state index contributed by atoms with van der Waals surface area (Å²) < 4.78 is 6.30. The molecule has 1 unspecified atom stereocenters. The number of likely N-dealkylation sites (tertiary alicyclic amines) is 1. The molecule has 1 saturated carbocycles. The third-order valence-corrected chi connectivity index (χ3v) is 7.27. The van der Waals surface area contributed by atoms with E-state index >= 15 is 0 Å². The Morgan fingerprint density at radius 1 is 1.03 bits per heavy atom. The van der Waals surface area contributed by atoms with Gasteiger partial charge in [-0.05, 0) is 62.4 Å². The number of nitrogens with one attached hydrogen (secondary N) is 1. The molecular weight excluding hydrogens is 412 g/mol. The first-order valence-corrected chi connectivity index (χ1v) is 11.5. The lowest BCUT2D eigenvalue weighted by atomic mass is 9.73. The van der Waals surface area contributed by atoms with Crippen LogP contribution in [0.15, 0.2) is 48.5 Å². The second kappa shape index (κ2) is 8.19. The Kier molecular flexibility index (Phi) is 5.39. The summed E-state index contributed by atoms with van der Waals surface area (Å²) >= 11 is 5.92. The number of ether oxygens (including phenoxy) is 1. The van der Waals surface area contributed by atoms with E-state index in [1.807, 2.05) is 23.1 Å². The Morgan fingerprint density at radius 2 is 1.74 bits per heavy atom. The van der Waals surface area contributed by atoms with Gasteiger partial charge in [-0.1, -0.05) is 29.8 Å². The van der Waals surface area contributed by atoms with Crippen LogP contribution in [0.25, 0.3) is 0 Å². The van der Waals surface area contributed by atoms with Gasteiger partial charge in [0.25, 0.3) is 5.91 Å². The highest BCUT2D eigenvalue weighted by molar-refractivity contribution is 6.30. The number of benzene rings is 2. The Morgan fingerprint density at radius 3 is 2.42 bits per heavy atom. The van der Waals surface area contributed by atoms with Crippen LogP contribution in [0.2, 0.25) is 5.02 Å². The molecule has 2 heterocycles. The molecule has 5 nitrogen and oxygen atoms in total. The molecule has 31 heavy (non-hydrogen) atoms. The van der Waals surface area contributed by atoms with E-state index in [2.05, 4.69) is 11.4 Å². The van der Waals surface area contributed by atoms with Crippen LogP contribution in [0.1, 0.15) is 60.5 Å². The topological polar surface area (TPSA) is 58.6 Å². The van der Waals surface area contributed by atoms with Gasteiger partial charge in [0.05, 0.1) is 6.04 Å². The van der Waals surface area contributed by atoms with Crippen LogP contribution in [0, 0.1) is 5.92 Å². The Balaban J connectivity index is 1.21. The van der Waals surface area contributed by atoms with Gasteiger partial charge in [-0.3, -0.25) is 9.59 Å². The van der Waals surface area contributed by atoms with Gasteiger partial charge in [0.1, 0.15) is 11.4 Å². The zero-order valence-corrected chi connectivity index (χ0v) is 18.2. The first-order valence-electron chi connectivity index (χ1n) is 11.2. The average Bonchev–Trinajstić information content (AvgIpc) is 2.78. The number of carbonyl (C=O) groups excluding carboxylic acids is 2. The highest BCUT2D eigenvalue weighted by Crippen LogP contribution is 2.48. The maximum atomic E-state index is 13.1. The van der Waals surface area contributed by atoms with E-state index in [4.69, 9.17) is 16.3 Å². The molecule has 2 aliphatic heterocycles. The first kappa shape index (κ1) is 20.4. The second-order valence-electron chi connectivity index (χ2n) is 9.02. The van der Waals surface area contributed by atoms with Crippen molar-refractivity contribution in [3.63, 3.8) is 0 Å². The maximum absolute atomic E-state index is 13.1. The van der Waals surface area contributed by atoms with Crippen molar-refractivity contribution in [3.05, 3.63) is 64.7 Å². The molecule has 2 aromatic carbocycles. The highest BCUT2D eigenvalue weighted by atomic mass is 35.5. The summed E-state index contributed by atoms with van der Waals surface area (Å²) in [5.74, 6) is 0.930. The van der Waals surface area contributed by atoms with E-state index < -0.39 is 0 Å². The van der Waals surface area contributed by atoms with E-state index in [9.17, 15) is 9.59 Å². The second-order valence-corrected chi connectivity index (χ2v) is 9.45. The zero-order chi connectivity index (χ0) is 21.4. The molecule has 1 atom stereocenters. The summed E-state index contributed by atoms with van der Waals surface area (Å²) in [6, 6.07) is 15.0. The summed E-state index contributed by atoms with van der Waals surface area (Å²) in [4.78, 5) is 27.7. The smallest absolute Gasteiger partial charge is 0.253 e. The van der Waals surface area contributed by atoms with E-state index in [-0.39, 0.29) is 29.4 Å². The number of para-hydroxylation sites is 1. The van der Waals surface area contributed by atoms with Gasteiger partial charge in [0, 0.05) is 41.6 Å². The van der Waals surface area contributed by atoms with Gasteiger partial charge >= 0.3 is 0 Å². The van der Waals surface area contributed by atoms with Crippen molar-refractivity contribution < 1.29 is 14.3 Å². The summed E-state index contributed by atoms with van der Waals surface area (Å²) in [7, 11) is 0. The van der Waals surface area contributed by atoms with Crippen LogP contribution in [0.3, 0.4) is 0 Å². The van der Waals surface area contributed by atoms with Gasteiger partial charge in [0.15, 0.2) is 0 Å². The fourth-order valence-corrected chi connectivity index (χ4v) is 5.16. The van der Waals surface area contributed by atoms with Crippen LogP contribution < -0.4 is 10.1 Å². The molecule has 1 spiro atoms. The van der Waals surface area contributed by atoms with Crippen molar-refractivity contribution in [1.29, 1.82) is 0 Å². The fraction of sp³-hybridized carbons (Fsp3) is 0.440. The Bertz CT molecular complexity index is 979. The summed E-state index contributed by atoms with van der Waals surface area (Å²) in [5, 5.41) is 3.93. The minimum atomic E-state index is -0.110. The molecule has 0 aromatic heterocycles. The first-order chi connectivity index (χ1) is 15.0. The standard InChI is InChI=1S/C25H27ClN2O3/c26-19-8-6-18(7-9-19)24(30)28-14-10-17(11-15-28)23(29)27-21-16-25(12-3-13-25)31-22-5-2-1-4-20(21)22/h1-2,4-9,17,21H,3,10-16H2,(H,27,29). The number of hydrogen-bond donors (Lipinski definition) is 1. The molecule has 5 rings (SSSR count). The summed E-state index contributed by atoms with van der Waals surface area (Å²) in [5.41, 5.74) is 1.60. The van der Waals surface area contributed by atoms with E-state index in [1.54, 1.807) is 24.3 Å². The lowest BCUT2D eigenvalue weighted by Crippen LogP contribution is -2.51. The van der Waals surface area contributed by atoms with Gasteiger partial charge in [0.2, 0.25) is 5.91 Å². The van der Waals surface area contributed by atoms with Gasteiger partial charge in [-0.25, -0.2) is 0 Å². The van der Waals surface area contributed by atoms with Crippen LogP contribution in [-0.2, 0) is 4.79 Å². The number of piperidine rings is 1. The normalized spacial score (nSPS) is 22.2. The molecule has 1 saturated heterocycles. The summed E-state index contributed by atoms with van der Waals surface area (Å²) in [6.07, 6.45) is 5.49. The van der Waals surface area contributed by atoms with Crippen molar-refractivity contribution in [2.45, 2.75) is 50.2 Å². The molecule has 2 fully saturated rings. The third-order valence-electron chi connectivity index (χ3n) is 7.02. The number of hydrogen-bond acceptors (Lipinski definition) is 3. The molecule has 3 aliphatic rings. The number of carbonyl (C=O) groups is 2. The predicted octanol–water partition coefficient (Wildman–Crippen LogP) is 4.75. The number of rotatable bonds is 3. The number of nitrogens with zero attached hydrogens (tertiary/aromatic N) is 1. The molecule has 2 amide bonds. The van der Waals surface area contributed by atoms with Crippen molar-refractivity contribution in [1.82, 2.24) is 10.2 Å². The van der Waals surface area contributed by atoms with Crippen LogP contribution in [0.5, 0.6) is 5.75 Å². The number of halogens is 1. The van der Waals surface area contributed by atoms with E-state index in [0.29, 0.717) is 36.5 Å². The van der Waals surface area contributed by atoms with Gasteiger partial charge in [-0.15, -0.1) is 0 Å². The lowest BCUT2D eigenvalue weighted by molar-refractivity contribution is -0.128. The molecular formula is C25H27ClN2O3. The Hall–Kier alpha value is -2.53. The fourth-order valence-electron chi connectivity index (χ4n) is 5.03. The van der Waals surface area contributed by atoms with Crippen LogP contribution in [-0.4, -0.2) is 35.4 Å². The SMILES string of the molecule is O=C(NC1CC2(CCC2)Oc2ccccc21)C1CCN(C(=O)c2ccc(Cl)cc2)CC1. The zero-order valence-electron chi connectivity index (χ0n) is 17.5. The van der Waals surface area contributed by atoms with Crippen molar-refractivity contribution in [2.24, 2.45) is 5.92 Å². The Labute approximate surface area is 187 Å². The number of fused-ring (bicyclic) bond motifs is 1. The molecule has 1 aliphatic carbocycles. The number of amides is 2.